The number of halogens is 1. The third-order valence-corrected chi connectivity index (χ3v) is 4.88. The summed E-state index contributed by atoms with van der Waals surface area (Å²) < 4.78 is 26.2. The third kappa shape index (κ3) is 2.77. The van der Waals surface area contributed by atoms with E-state index >= 15 is 0 Å². The van der Waals surface area contributed by atoms with Crippen molar-refractivity contribution in [1.82, 2.24) is 4.98 Å². The third-order valence-electron chi connectivity index (χ3n) is 2.85. The summed E-state index contributed by atoms with van der Waals surface area (Å²) in [6.45, 7) is 0. The molecule has 0 atom stereocenters. The Morgan fingerprint density at radius 3 is 2.76 bits per heavy atom. The molecule has 1 heterocycles. The number of nitrogens with two attached hydrogens (primary N) is 1. The lowest BCUT2D eigenvalue weighted by Crippen LogP contribution is -2.28. The molecule has 0 aliphatic carbocycles. The highest BCUT2D eigenvalue weighted by atomic mass is 35.5. The predicted octanol–water partition coefficient (Wildman–Crippen LogP) is 2.01. The summed E-state index contributed by atoms with van der Waals surface area (Å²) >= 11 is 5.87. The molecule has 21 heavy (non-hydrogen) atoms. The Labute approximate surface area is 127 Å². The molecule has 8 heteroatoms. The van der Waals surface area contributed by atoms with Crippen molar-refractivity contribution in [3.8, 4) is 6.07 Å². The van der Waals surface area contributed by atoms with Crippen LogP contribution in [0.3, 0.4) is 0 Å². The number of sulfonamides is 1. The Hall–Kier alpha value is -2.30. The molecular weight excluding hydrogens is 312 g/mol. The minimum atomic E-state index is -3.96. The van der Waals surface area contributed by atoms with Crippen LogP contribution in [0.5, 0.6) is 0 Å². The number of benzene rings is 1. The van der Waals surface area contributed by atoms with Gasteiger partial charge in [0.25, 0.3) is 10.0 Å². The quantitative estimate of drug-likeness (QED) is 0.871. The molecule has 1 aromatic carbocycles. The monoisotopic (exact) mass is 322 g/mol. The number of rotatable bonds is 3. The fourth-order valence-corrected chi connectivity index (χ4v) is 3.22. The van der Waals surface area contributed by atoms with Crippen molar-refractivity contribution in [2.24, 2.45) is 0 Å². The molecule has 0 radical (unpaired) electrons. The van der Waals surface area contributed by atoms with Gasteiger partial charge >= 0.3 is 0 Å². The van der Waals surface area contributed by atoms with Gasteiger partial charge in [-0.2, -0.15) is 5.26 Å². The van der Waals surface area contributed by atoms with Crippen molar-refractivity contribution in [1.29, 1.82) is 5.26 Å². The smallest absolute Gasteiger partial charge is 0.267 e. The standard InChI is InChI=1S/C13H11ClN4O2S/c1-18(12-7-9(14)4-5-10(12)16)21(19,20)13-3-2-6-17-11(13)8-15/h2-7H,16H2,1H3. The largest absolute Gasteiger partial charge is 0.397 e. The lowest BCUT2D eigenvalue weighted by Gasteiger charge is -2.21. The van der Waals surface area contributed by atoms with Crippen molar-refractivity contribution in [2.75, 3.05) is 17.1 Å². The molecule has 0 saturated carbocycles. The number of anilines is 2. The second kappa shape index (κ2) is 5.60. The van der Waals surface area contributed by atoms with E-state index in [1.54, 1.807) is 12.1 Å². The van der Waals surface area contributed by atoms with Gasteiger partial charge in [-0.05, 0) is 30.3 Å². The Kier molecular flexibility index (Phi) is 4.02. The van der Waals surface area contributed by atoms with Crippen LogP contribution in [-0.4, -0.2) is 20.4 Å². The van der Waals surface area contributed by atoms with E-state index in [0.717, 1.165) is 4.31 Å². The SMILES string of the molecule is CN(c1cc(Cl)ccc1N)S(=O)(=O)c1cccnc1C#N. The molecule has 2 aromatic rings. The van der Waals surface area contributed by atoms with E-state index in [4.69, 9.17) is 22.6 Å². The lowest BCUT2D eigenvalue weighted by molar-refractivity contribution is 0.593. The Morgan fingerprint density at radius 2 is 2.10 bits per heavy atom. The number of nitrogen functional groups attached to an aromatic ring is 1. The van der Waals surface area contributed by atoms with Crippen LogP contribution in [0.4, 0.5) is 11.4 Å². The maximum atomic E-state index is 12.6. The normalized spacial score (nSPS) is 10.9. The summed E-state index contributed by atoms with van der Waals surface area (Å²) in [7, 11) is -2.63. The Morgan fingerprint density at radius 1 is 1.38 bits per heavy atom. The van der Waals surface area contributed by atoms with E-state index in [1.807, 2.05) is 0 Å². The van der Waals surface area contributed by atoms with Gasteiger partial charge in [-0.1, -0.05) is 11.6 Å². The maximum absolute atomic E-state index is 12.6. The molecule has 0 aliphatic rings. The first-order chi connectivity index (χ1) is 9.87. The van der Waals surface area contributed by atoms with Gasteiger partial charge in [0.2, 0.25) is 0 Å². The zero-order valence-corrected chi connectivity index (χ0v) is 12.6. The van der Waals surface area contributed by atoms with Crippen LogP contribution in [0.15, 0.2) is 41.4 Å². The summed E-state index contributed by atoms with van der Waals surface area (Å²) in [6, 6.07) is 9.04. The van der Waals surface area contributed by atoms with Crippen LogP contribution in [0, 0.1) is 11.3 Å². The highest BCUT2D eigenvalue weighted by Gasteiger charge is 2.26. The van der Waals surface area contributed by atoms with Crippen molar-refractivity contribution in [2.45, 2.75) is 4.90 Å². The van der Waals surface area contributed by atoms with E-state index in [2.05, 4.69) is 4.98 Å². The second-order valence-electron chi connectivity index (χ2n) is 4.14. The molecule has 0 unspecified atom stereocenters. The van der Waals surface area contributed by atoms with Crippen LogP contribution in [0.2, 0.25) is 5.02 Å². The highest BCUT2D eigenvalue weighted by molar-refractivity contribution is 7.92. The number of nitrogens with zero attached hydrogens (tertiary/aromatic N) is 3. The van der Waals surface area contributed by atoms with Gasteiger partial charge in [-0.3, -0.25) is 4.31 Å². The maximum Gasteiger partial charge on any atom is 0.267 e. The zero-order chi connectivity index (χ0) is 15.6. The van der Waals surface area contributed by atoms with Crippen LogP contribution < -0.4 is 10.0 Å². The molecule has 1 aromatic heterocycles. The first-order valence-electron chi connectivity index (χ1n) is 5.77. The van der Waals surface area contributed by atoms with Crippen LogP contribution >= 0.6 is 11.6 Å². The molecular formula is C13H11ClN4O2S. The van der Waals surface area contributed by atoms with Gasteiger partial charge in [-0.25, -0.2) is 13.4 Å². The van der Waals surface area contributed by atoms with Gasteiger partial charge in [0.1, 0.15) is 11.0 Å². The molecule has 0 saturated heterocycles. The van der Waals surface area contributed by atoms with E-state index in [1.165, 1.54) is 37.5 Å². The molecule has 0 amide bonds. The second-order valence-corrected chi connectivity index (χ2v) is 6.51. The fraction of sp³-hybridized carbons (Fsp3) is 0.0769. The predicted molar refractivity (Wildman–Crippen MR) is 80.4 cm³/mol. The summed E-state index contributed by atoms with van der Waals surface area (Å²) in [5, 5.41) is 9.35. The van der Waals surface area contributed by atoms with E-state index in [-0.39, 0.29) is 22.0 Å². The number of nitriles is 1. The summed E-state index contributed by atoms with van der Waals surface area (Å²) in [5.74, 6) is 0. The summed E-state index contributed by atoms with van der Waals surface area (Å²) in [6.07, 6.45) is 1.35. The minimum absolute atomic E-state index is 0.176. The molecule has 0 bridgehead atoms. The van der Waals surface area contributed by atoms with Gasteiger partial charge in [0.05, 0.1) is 11.4 Å². The van der Waals surface area contributed by atoms with E-state index < -0.39 is 10.0 Å². The first kappa shape index (κ1) is 15.1. The summed E-state index contributed by atoms with van der Waals surface area (Å²) in [4.78, 5) is 3.57. The van der Waals surface area contributed by atoms with Gasteiger partial charge in [0, 0.05) is 18.3 Å². The molecule has 0 spiro atoms. The van der Waals surface area contributed by atoms with Crippen molar-refractivity contribution < 1.29 is 8.42 Å². The number of hydrogen-bond acceptors (Lipinski definition) is 5. The first-order valence-corrected chi connectivity index (χ1v) is 7.59. The van der Waals surface area contributed by atoms with Crippen LogP contribution in [0.25, 0.3) is 0 Å². The zero-order valence-electron chi connectivity index (χ0n) is 11.0. The fourth-order valence-electron chi connectivity index (χ4n) is 1.75. The number of hydrogen-bond donors (Lipinski definition) is 1. The molecule has 0 aliphatic heterocycles. The van der Waals surface area contributed by atoms with Gasteiger partial charge in [-0.15, -0.1) is 0 Å². The van der Waals surface area contributed by atoms with E-state index in [0.29, 0.717) is 5.02 Å². The summed E-state index contributed by atoms with van der Waals surface area (Å²) in [5.41, 5.74) is 6.10. The van der Waals surface area contributed by atoms with Gasteiger partial charge < -0.3 is 5.73 Å². The molecule has 0 fully saturated rings. The van der Waals surface area contributed by atoms with Crippen LogP contribution in [-0.2, 0) is 10.0 Å². The molecule has 6 nitrogen and oxygen atoms in total. The Balaban J connectivity index is 2.59. The highest BCUT2D eigenvalue weighted by Crippen LogP contribution is 2.30. The van der Waals surface area contributed by atoms with Crippen molar-refractivity contribution in [3.63, 3.8) is 0 Å². The van der Waals surface area contributed by atoms with Crippen molar-refractivity contribution in [3.05, 3.63) is 47.2 Å². The molecule has 2 N–H and O–H groups in total. The van der Waals surface area contributed by atoms with Crippen LogP contribution in [0.1, 0.15) is 5.69 Å². The Bertz CT molecular complexity index is 830. The number of aromatic nitrogens is 1. The lowest BCUT2D eigenvalue weighted by atomic mass is 10.3. The van der Waals surface area contributed by atoms with Gasteiger partial charge in [0.15, 0.2) is 5.69 Å². The molecule has 108 valence electrons. The average Bonchev–Trinajstić information content (AvgIpc) is 2.48. The topological polar surface area (TPSA) is 100 Å². The van der Waals surface area contributed by atoms with E-state index in [9.17, 15) is 8.42 Å². The molecule has 2 rings (SSSR count). The minimum Gasteiger partial charge on any atom is -0.397 e. The van der Waals surface area contributed by atoms with Crippen molar-refractivity contribution >= 4 is 33.0 Å². The average molecular weight is 323 g/mol. The number of pyridine rings is 1.